The lowest BCUT2D eigenvalue weighted by Crippen LogP contribution is -2.42. The number of carbonyl (C=O) groups is 1. The van der Waals surface area contributed by atoms with Crippen molar-refractivity contribution in [2.24, 2.45) is 0 Å². The Morgan fingerprint density at radius 1 is 1.12 bits per heavy atom. The number of ether oxygens (including phenoxy) is 1. The first-order valence-corrected chi connectivity index (χ1v) is 12.7. The van der Waals surface area contributed by atoms with E-state index in [9.17, 15) is 22.4 Å². The number of halogens is 4. The number of para-hydroxylation sites is 1. The summed E-state index contributed by atoms with van der Waals surface area (Å²) < 4.78 is 64.3. The van der Waals surface area contributed by atoms with E-state index in [1.54, 1.807) is 56.5 Å². The fraction of sp³-hybridized carbons (Fsp3) is 0.333. The molecule has 2 amide bonds. The van der Waals surface area contributed by atoms with Gasteiger partial charge in [0, 0.05) is 38.2 Å². The number of carbonyl (C=O) groups excluding carboxylic acids is 1. The van der Waals surface area contributed by atoms with Crippen LogP contribution in [0, 0.1) is 12.7 Å². The number of rotatable bonds is 8. The molecule has 1 aliphatic heterocycles. The van der Waals surface area contributed by atoms with Gasteiger partial charge in [-0.05, 0) is 36.8 Å². The van der Waals surface area contributed by atoms with Crippen molar-refractivity contribution >= 4 is 11.8 Å². The van der Waals surface area contributed by atoms with Crippen LogP contribution in [0.5, 0.6) is 0 Å². The molecule has 2 aromatic carbocycles. The topological polar surface area (TPSA) is 110 Å². The SMILES string of the molecule is COCCN1CC(NC(=O)Nc2c(C)c(-c3nc(C(F)(F)F)no3)nn2-c2ccccc2)C(c2ccc(F)cc2)C1. The lowest BCUT2D eigenvalue weighted by atomic mass is 9.94. The largest absolute Gasteiger partial charge is 0.455 e. The zero-order valence-corrected chi connectivity index (χ0v) is 22.2. The van der Waals surface area contributed by atoms with E-state index in [4.69, 9.17) is 9.26 Å². The van der Waals surface area contributed by atoms with Crippen LogP contribution in [0.25, 0.3) is 17.3 Å². The Morgan fingerprint density at radius 2 is 1.85 bits per heavy atom. The van der Waals surface area contributed by atoms with Gasteiger partial charge in [0.25, 0.3) is 11.7 Å². The first kappa shape index (κ1) is 28.2. The van der Waals surface area contributed by atoms with Gasteiger partial charge in [-0.2, -0.15) is 23.3 Å². The average Bonchev–Trinajstić information content (AvgIpc) is 3.67. The van der Waals surface area contributed by atoms with Gasteiger partial charge in [0.05, 0.1) is 18.3 Å². The third-order valence-corrected chi connectivity index (χ3v) is 6.86. The summed E-state index contributed by atoms with van der Waals surface area (Å²) in [4.78, 5) is 19.0. The van der Waals surface area contributed by atoms with E-state index in [0.29, 0.717) is 37.5 Å². The maximum absolute atomic E-state index is 13.6. The molecular formula is C27H27F4N7O3. The van der Waals surface area contributed by atoms with Gasteiger partial charge in [0.2, 0.25) is 0 Å². The van der Waals surface area contributed by atoms with Crippen LogP contribution in [0.1, 0.15) is 22.9 Å². The molecule has 1 fully saturated rings. The highest BCUT2D eigenvalue weighted by Crippen LogP contribution is 2.33. The molecule has 4 aromatic rings. The predicted octanol–water partition coefficient (Wildman–Crippen LogP) is 4.62. The lowest BCUT2D eigenvalue weighted by Gasteiger charge is -2.21. The zero-order valence-electron chi connectivity index (χ0n) is 22.2. The molecule has 0 spiro atoms. The van der Waals surface area contributed by atoms with Crippen molar-refractivity contribution in [3.63, 3.8) is 0 Å². The third kappa shape index (κ3) is 6.23. The van der Waals surface area contributed by atoms with Crippen molar-refractivity contribution in [2.45, 2.75) is 25.1 Å². The first-order chi connectivity index (χ1) is 19.6. The summed E-state index contributed by atoms with van der Waals surface area (Å²) in [5.41, 5.74) is 1.73. The molecule has 2 atom stereocenters. The number of nitrogens with one attached hydrogen (secondary N) is 2. The van der Waals surface area contributed by atoms with E-state index in [2.05, 4.69) is 30.8 Å². The molecule has 2 N–H and O–H groups in total. The number of aromatic nitrogens is 4. The second-order valence-electron chi connectivity index (χ2n) is 9.61. The summed E-state index contributed by atoms with van der Waals surface area (Å²) >= 11 is 0. The summed E-state index contributed by atoms with van der Waals surface area (Å²) in [6.45, 7) is 3.91. The molecule has 14 heteroatoms. The van der Waals surface area contributed by atoms with E-state index in [0.717, 1.165) is 5.56 Å². The van der Waals surface area contributed by atoms with Crippen LogP contribution in [0.2, 0.25) is 0 Å². The monoisotopic (exact) mass is 573 g/mol. The van der Waals surface area contributed by atoms with Gasteiger partial charge >= 0.3 is 12.2 Å². The van der Waals surface area contributed by atoms with Gasteiger partial charge in [0.1, 0.15) is 11.6 Å². The van der Waals surface area contributed by atoms with Gasteiger partial charge in [0.15, 0.2) is 5.69 Å². The molecular weight excluding hydrogens is 546 g/mol. The molecule has 0 radical (unpaired) electrons. The highest BCUT2D eigenvalue weighted by molar-refractivity contribution is 5.91. The molecule has 216 valence electrons. The maximum Gasteiger partial charge on any atom is 0.455 e. The van der Waals surface area contributed by atoms with E-state index >= 15 is 0 Å². The second-order valence-corrected chi connectivity index (χ2v) is 9.61. The van der Waals surface area contributed by atoms with Crippen LogP contribution >= 0.6 is 0 Å². The van der Waals surface area contributed by atoms with E-state index < -0.39 is 23.9 Å². The van der Waals surface area contributed by atoms with Crippen LogP contribution in [-0.2, 0) is 10.9 Å². The molecule has 41 heavy (non-hydrogen) atoms. The molecule has 1 saturated heterocycles. The van der Waals surface area contributed by atoms with Crippen molar-refractivity contribution in [3.05, 3.63) is 77.4 Å². The van der Waals surface area contributed by atoms with Crippen LogP contribution in [-0.4, -0.2) is 70.2 Å². The Morgan fingerprint density at radius 3 is 2.51 bits per heavy atom. The Labute approximate surface area is 232 Å². The number of likely N-dealkylation sites (tertiary alicyclic amines) is 1. The molecule has 1 aliphatic rings. The van der Waals surface area contributed by atoms with E-state index in [1.165, 1.54) is 16.8 Å². The number of amides is 2. The summed E-state index contributed by atoms with van der Waals surface area (Å²) in [6, 6.07) is 14.0. The summed E-state index contributed by atoms with van der Waals surface area (Å²) in [5.74, 6) is -2.13. The summed E-state index contributed by atoms with van der Waals surface area (Å²) in [7, 11) is 1.61. The minimum absolute atomic E-state index is 0.0112. The predicted molar refractivity (Wildman–Crippen MR) is 140 cm³/mol. The Hall–Kier alpha value is -4.30. The molecule has 0 aliphatic carbocycles. The van der Waals surface area contributed by atoms with E-state index in [-0.39, 0.29) is 29.3 Å². The highest BCUT2D eigenvalue weighted by atomic mass is 19.4. The van der Waals surface area contributed by atoms with Gasteiger partial charge in [-0.3, -0.25) is 10.2 Å². The van der Waals surface area contributed by atoms with Crippen molar-refractivity contribution in [1.29, 1.82) is 0 Å². The Kier molecular flexibility index (Phi) is 8.03. The van der Waals surface area contributed by atoms with Crippen molar-refractivity contribution < 1.29 is 31.6 Å². The number of alkyl halides is 3. The van der Waals surface area contributed by atoms with Crippen molar-refractivity contribution in [1.82, 2.24) is 30.1 Å². The number of hydrogen-bond acceptors (Lipinski definition) is 7. The number of methoxy groups -OCH3 is 1. The molecule has 0 saturated carbocycles. The van der Waals surface area contributed by atoms with Crippen LogP contribution < -0.4 is 10.6 Å². The van der Waals surface area contributed by atoms with Gasteiger partial charge < -0.3 is 14.6 Å². The summed E-state index contributed by atoms with van der Waals surface area (Å²) in [6.07, 6.45) is -4.79. The molecule has 2 unspecified atom stereocenters. The normalized spacial score (nSPS) is 17.6. The Balaban J connectivity index is 1.42. The highest BCUT2D eigenvalue weighted by Gasteiger charge is 2.38. The second kappa shape index (κ2) is 11.7. The number of benzene rings is 2. The molecule has 2 aromatic heterocycles. The third-order valence-electron chi connectivity index (χ3n) is 6.86. The maximum atomic E-state index is 13.6. The summed E-state index contributed by atoms with van der Waals surface area (Å²) in [5, 5.41) is 13.2. The minimum atomic E-state index is -4.79. The Bertz CT molecular complexity index is 1490. The number of nitrogens with zero attached hydrogens (tertiary/aromatic N) is 5. The van der Waals surface area contributed by atoms with Crippen LogP contribution in [0.4, 0.5) is 28.2 Å². The number of anilines is 1. The van der Waals surface area contributed by atoms with Crippen LogP contribution in [0.3, 0.4) is 0 Å². The minimum Gasteiger partial charge on any atom is -0.383 e. The average molecular weight is 574 g/mol. The van der Waals surface area contributed by atoms with Crippen molar-refractivity contribution in [2.75, 3.05) is 38.7 Å². The van der Waals surface area contributed by atoms with Crippen molar-refractivity contribution in [3.8, 4) is 17.3 Å². The lowest BCUT2D eigenvalue weighted by molar-refractivity contribution is -0.146. The standard InChI is InChI=1S/C27H27F4N7O3/c1-16-22(24-34-25(36-41-24)27(29,30)31)35-38(19-6-4-3-5-7-19)23(16)33-26(39)32-21-15-37(12-13-40-2)14-20(21)17-8-10-18(28)11-9-17/h3-11,20-21H,12-15H2,1-2H3,(H2,32,33,39). The van der Waals surface area contributed by atoms with Gasteiger partial charge in [-0.15, -0.1) is 0 Å². The number of hydrogen-bond donors (Lipinski definition) is 2. The fourth-order valence-electron chi connectivity index (χ4n) is 4.83. The molecule has 5 rings (SSSR count). The van der Waals surface area contributed by atoms with Gasteiger partial charge in [-0.25, -0.2) is 13.9 Å². The smallest absolute Gasteiger partial charge is 0.383 e. The molecule has 0 bridgehead atoms. The molecule has 3 heterocycles. The van der Waals surface area contributed by atoms with Crippen LogP contribution in [0.15, 0.2) is 59.1 Å². The number of urea groups is 1. The first-order valence-electron chi connectivity index (χ1n) is 12.7. The molecule has 10 nitrogen and oxygen atoms in total. The van der Waals surface area contributed by atoms with Gasteiger partial charge in [-0.1, -0.05) is 35.5 Å². The van der Waals surface area contributed by atoms with E-state index in [1.807, 2.05) is 0 Å². The zero-order chi connectivity index (χ0) is 29.1. The fourth-order valence-corrected chi connectivity index (χ4v) is 4.83. The quantitative estimate of drug-likeness (QED) is 0.296.